The summed E-state index contributed by atoms with van der Waals surface area (Å²) in [5, 5.41) is 16.7. The van der Waals surface area contributed by atoms with E-state index in [-0.39, 0.29) is 12.5 Å². The van der Waals surface area contributed by atoms with Gasteiger partial charge in [0.1, 0.15) is 0 Å². The summed E-state index contributed by atoms with van der Waals surface area (Å²) in [6.07, 6.45) is 2.76. The fourth-order valence-corrected chi connectivity index (χ4v) is 2.57. The van der Waals surface area contributed by atoms with Crippen molar-refractivity contribution in [1.82, 2.24) is 15.1 Å². The van der Waals surface area contributed by atoms with E-state index in [1.165, 1.54) is 6.20 Å². The van der Waals surface area contributed by atoms with E-state index in [4.69, 9.17) is 16.7 Å². The second-order valence-electron chi connectivity index (χ2n) is 5.57. The lowest BCUT2D eigenvalue weighted by Crippen LogP contribution is -2.33. The lowest BCUT2D eigenvalue weighted by atomic mass is 10.0. The normalized spacial score (nSPS) is 12.0. The van der Waals surface area contributed by atoms with Gasteiger partial charge in [-0.25, -0.2) is 4.68 Å². The first-order valence-corrected chi connectivity index (χ1v) is 8.13. The molecule has 1 heterocycles. The van der Waals surface area contributed by atoms with Crippen molar-refractivity contribution < 1.29 is 14.7 Å². The number of rotatable bonds is 7. The number of hydrogen-bond donors (Lipinski definition) is 2. The smallest absolute Gasteiger partial charge is 0.308 e. The monoisotopic (exact) mass is 349 g/mol. The van der Waals surface area contributed by atoms with Gasteiger partial charge in [0.15, 0.2) is 0 Å². The molecule has 0 bridgehead atoms. The molecule has 24 heavy (non-hydrogen) atoms. The molecule has 2 N–H and O–H groups in total. The van der Waals surface area contributed by atoms with Crippen molar-refractivity contribution in [2.75, 3.05) is 6.54 Å². The number of nitrogens with one attached hydrogen (secondary N) is 1. The highest BCUT2D eigenvalue weighted by Crippen LogP contribution is 2.17. The molecule has 1 aromatic heterocycles. The molecule has 128 valence electrons. The number of halogens is 1. The summed E-state index contributed by atoms with van der Waals surface area (Å²) in [4.78, 5) is 23.5. The lowest BCUT2D eigenvalue weighted by Gasteiger charge is -2.12. The van der Waals surface area contributed by atoms with Crippen molar-refractivity contribution in [2.45, 2.75) is 26.7 Å². The van der Waals surface area contributed by atoms with Crippen LogP contribution in [0.15, 0.2) is 30.5 Å². The molecule has 1 atom stereocenters. The summed E-state index contributed by atoms with van der Waals surface area (Å²) in [7, 11) is 0. The third-order valence-electron chi connectivity index (χ3n) is 3.82. The van der Waals surface area contributed by atoms with Gasteiger partial charge in [0.05, 0.1) is 29.1 Å². The van der Waals surface area contributed by atoms with Crippen LogP contribution in [0.25, 0.3) is 5.69 Å². The SMILES string of the molecule is CCCC(CNC(=O)c1cnn(-c2ccc(Cl)cc2)c1C)C(=O)O. The van der Waals surface area contributed by atoms with Gasteiger partial charge in [0.2, 0.25) is 0 Å². The number of amides is 1. The molecule has 0 saturated heterocycles. The Kier molecular flexibility index (Phi) is 5.98. The summed E-state index contributed by atoms with van der Waals surface area (Å²) in [6, 6.07) is 7.12. The number of carboxylic acids is 1. The van der Waals surface area contributed by atoms with Crippen LogP contribution in [0.2, 0.25) is 5.02 Å². The summed E-state index contributed by atoms with van der Waals surface area (Å²) in [5.74, 6) is -1.80. The highest BCUT2D eigenvalue weighted by molar-refractivity contribution is 6.30. The van der Waals surface area contributed by atoms with Crippen LogP contribution < -0.4 is 5.32 Å². The van der Waals surface area contributed by atoms with E-state index in [0.717, 1.165) is 12.1 Å². The number of carboxylic acid groups (broad SMARTS) is 1. The molecule has 2 rings (SSSR count). The fourth-order valence-electron chi connectivity index (χ4n) is 2.45. The van der Waals surface area contributed by atoms with Gasteiger partial charge < -0.3 is 10.4 Å². The average Bonchev–Trinajstić information content (AvgIpc) is 2.93. The molecule has 0 fully saturated rings. The van der Waals surface area contributed by atoms with E-state index < -0.39 is 11.9 Å². The molecule has 0 spiro atoms. The molecular weight excluding hydrogens is 330 g/mol. The van der Waals surface area contributed by atoms with E-state index >= 15 is 0 Å². The lowest BCUT2D eigenvalue weighted by molar-refractivity contribution is -0.141. The molecule has 1 unspecified atom stereocenters. The Hall–Kier alpha value is -2.34. The highest BCUT2D eigenvalue weighted by atomic mass is 35.5. The van der Waals surface area contributed by atoms with Gasteiger partial charge in [-0.05, 0) is 37.6 Å². The van der Waals surface area contributed by atoms with Gasteiger partial charge in [-0.1, -0.05) is 24.9 Å². The van der Waals surface area contributed by atoms with Crippen molar-refractivity contribution in [3.8, 4) is 5.69 Å². The van der Waals surface area contributed by atoms with Crippen LogP contribution in [0.4, 0.5) is 0 Å². The first-order valence-electron chi connectivity index (χ1n) is 7.75. The number of carbonyl (C=O) groups is 2. The van der Waals surface area contributed by atoms with E-state index in [2.05, 4.69) is 10.4 Å². The van der Waals surface area contributed by atoms with Gasteiger partial charge in [-0.3, -0.25) is 9.59 Å². The zero-order valence-corrected chi connectivity index (χ0v) is 14.4. The first-order chi connectivity index (χ1) is 11.4. The molecule has 0 aliphatic rings. The average molecular weight is 350 g/mol. The van der Waals surface area contributed by atoms with Crippen LogP contribution in [0, 0.1) is 12.8 Å². The molecule has 2 aromatic rings. The maximum atomic E-state index is 12.3. The minimum absolute atomic E-state index is 0.105. The first kappa shape index (κ1) is 18.0. The number of carbonyl (C=O) groups excluding carboxylic acids is 1. The Balaban J connectivity index is 2.11. The third kappa shape index (κ3) is 4.14. The topological polar surface area (TPSA) is 84.2 Å². The number of aromatic nitrogens is 2. The Bertz CT molecular complexity index is 725. The molecular formula is C17H20ClN3O3. The quantitative estimate of drug-likeness (QED) is 0.804. The number of aliphatic carboxylic acids is 1. The Labute approximate surface area is 145 Å². The van der Waals surface area contributed by atoms with E-state index in [1.54, 1.807) is 23.7 Å². The highest BCUT2D eigenvalue weighted by Gasteiger charge is 2.20. The Morgan fingerprint density at radius 1 is 1.33 bits per heavy atom. The van der Waals surface area contributed by atoms with Crippen LogP contribution in [0.3, 0.4) is 0 Å². The molecule has 1 amide bonds. The van der Waals surface area contributed by atoms with Crippen LogP contribution in [-0.4, -0.2) is 33.3 Å². The number of hydrogen-bond acceptors (Lipinski definition) is 3. The molecule has 1 aromatic carbocycles. The molecule has 0 aliphatic heterocycles. The fraction of sp³-hybridized carbons (Fsp3) is 0.353. The molecule has 6 nitrogen and oxygen atoms in total. The molecule has 0 aliphatic carbocycles. The van der Waals surface area contributed by atoms with Crippen LogP contribution in [-0.2, 0) is 4.79 Å². The summed E-state index contributed by atoms with van der Waals surface area (Å²) in [5.41, 5.74) is 1.90. The zero-order valence-electron chi connectivity index (χ0n) is 13.6. The van der Waals surface area contributed by atoms with Crippen molar-refractivity contribution >= 4 is 23.5 Å². The third-order valence-corrected chi connectivity index (χ3v) is 4.07. The zero-order chi connectivity index (χ0) is 17.7. The van der Waals surface area contributed by atoms with E-state index in [1.807, 2.05) is 19.1 Å². The van der Waals surface area contributed by atoms with Crippen molar-refractivity contribution in [3.05, 3.63) is 46.7 Å². The Morgan fingerprint density at radius 2 is 2.00 bits per heavy atom. The van der Waals surface area contributed by atoms with Crippen LogP contribution in [0.5, 0.6) is 0 Å². The van der Waals surface area contributed by atoms with Gasteiger partial charge in [0, 0.05) is 11.6 Å². The van der Waals surface area contributed by atoms with Gasteiger partial charge in [-0.15, -0.1) is 0 Å². The summed E-state index contributed by atoms with van der Waals surface area (Å²) in [6.45, 7) is 3.81. The van der Waals surface area contributed by atoms with Crippen molar-refractivity contribution in [2.24, 2.45) is 5.92 Å². The summed E-state index contributed by atoms with van der Waals surface area (Å²) >= 11 is 5.87. The van der Waals surface area contributed by atoms with Crippen molar-refractivity contribution in [3.63, 3.8) is 0 Å². The summed E-state index contributed by atoms with van der Waals surface area (Å²) < 4.78 is 1.64. The van der Waals surface area contributed by atoms with E-state index in [0.29, 0.717) is 22.7 Å². The molecule has 0 radical (unpaired) electrons. The van der Waals surface area contributed by atoms with Crippen molar-refractivity contribution in [1.29, 1.82) is 0 Å². The predicted octanol–water partition coefficient (Wildman–Crippen LogP) is 3.06. The molecule has 0 saturated carbocycles. The predicted molar refractivity (Wildman–Crippen MR) is 91.7 cm³/mol. The van der Waals surface area contributed by atoms with Gasteiger partial charge in [0.25, 0.3) is 5.91 Å². The second-order valence-corrected chi connectivity index (χ2v) is 6.00. The van der Waals surface area contributed by atoms with Crippen LogP contribution in [0.1, 0.15) is 35.8 Å². The minimum atomic E-state index is -0.897. The number of benzene rings is 1. The van der Waals surface area contributed by atoms with Gasteiger partial charge >= 0.3 is 5.97 Å². The van der Waals surface area contributed by atoms with Crippen LogP contribution >= 0.6 is 11.6 Å². The van der Waals surface area contributed by atoms with Gasteiger partial charge in [-0.2, -0.15) is 5.10 Å². The maximum absolute atomic E-state index is 12.3. The minimum Gasteiger partial charge on any atom is -0.481 e. The Morgan fingerprint density at radius 3 is 2.58 bits per heavy atom. The molecule has 7 heteroatoms. The largest absolute Gasteiger partial charge is 0.481 e. The second kappa shape index (κ2) is 7.97. The standard InChI is InChI=1S/C17H20ClN3O3/c1-3-4-12(17(23)24)9-19-16(22)15-10-20-21(11(15)2)14-7-5-13(18)6-8-14/h5-8,10,12H,3-4,9H2,1-2H3,(H,19,22)(H,23,24). The maximum Gasteiger partial charge on any atom is 0.308 e. The number of nitrogens with zero attached hydrogens (tertiary/aromatic N) is 2. The van der Waals surface area contributed by atoms with E-state index in [9.17, 15) is 9.59 Å².